The molecular formula is C78H141NO13. The quantitative estimate of drug-likeness (QED) is 0.0204. The third-order valence-electron chi connectivity index (χ3n) is 18.4. The van der Waals surface area contributed by atoms with E-state index in [1.54, 1.807) is 0 Å². The number of aliphatic hydroxyl groups excluding tert-OH is 8. The lowest BCUT2D eigenvalue weighted by Gasteiger charge is -2.46. The van der Waals surface area contributed by atoms with Crippen molar-refractivity contribution < 1.29 is 64.6 Å². The third-order valence-corrected chi connectivity index (χ3v) is 18.4. The summed E-state index contributed by atoms with van der Waals surface area (Å²) < 4.78 is 22.9. The molecule has 2 rings (SSSR count). The van der Waals surface area contributed by atoms with Gasteiger partial charge in [0.25, 0.3) is 0 Å². The molecule has 2 heterocycles. The lowest BCUT2D eigenvalue weighted by Crippen LogP contribution is -2.65. The molecule has 92 heavy (non-hydrogen) atoms. The van der Waals surface area contributed by atoms with Crippen LogP contribution in [-0.2, 0) is 23.7 Å². The summed E-state index contributed by atoms with van der Waals surface area (Å²) in [5, 5.41) is 87.6. The van der Waals surface area contributed by atoms with Crippen LogP contribution in [0.4, 0.5) is 0 Å². The van der Waals surface area contributed by atoms with E-state index in [2.05, 4.69) is 92.1 Å². The largest absolute Gasteiger partial charge is 0.394 e. The molecule has 0 radical (unpaired) electrons. The zero-order valence-corrected chi connectivity index (χ0v) is 58.5. The Kier molecular flexibility index (Phi) is 57.6. The van der Waals surface area contributed by atoms with E-state index in [1.807, 2.05) is 0 Å². The van der Waals surface area contributed by atoms with E-state index in [0.29, 0.717) is 12.8 Å². The Morgan fingerprint density at radius 2 is 0.750 bits per heavy atom. The lowest BCUT2D eigenvalue weighted by atomic mass is 9.97. The van der Waals surface area contributed by atoms with Crippen LogP contribution in [0.3, 0.4) is 0 Å². The SMILES string of the molecule is CC/C=C\C/C=C\C/C=C\C/C=C\C/C=C\C/C=C\CCCCCCCCCCCCCCCCCCCCCCCCC(=O)NC(COC1OC(CO)C(OC2OC(CO)C(O)C(O)C2O)C(O)C1O)C(O)CCCCCCCCCCCCCCCCCCC. The Morgan fingerprint density at radius 3 is 1.15 bits per heavy atom. The molecule has 12 unspecified atom stereocenters. The summed E-state index contributed by atoms with van der Waals surface area (Å²) in [4.78, 5) is 13.4. The number of carbonyl (C=O) groups excluding carboxylic acids is 1. The normalized spacial score (nSPS) is 23.1. The number of nitrogens with one attached hydrogen (secondary N) is 1. The number of allylic oxidation sites excluding steroid dienone is 12. The third kappa shape index (κ3) is 45.0. The fourth-order valence-electron chi connectivity index (χ4n) is 12.4. The lowest BCUT2D eigenvalue weighted by molar-refractivity contribution is -0.359. The molecule has 0 aromatic rings. The maximum absolute atomic E-state index is 13.4. The molecule has 0 aromatic carbocycles. The number of unbranched alkanes of at least 4 members (excludes halogenated alkanes) is 38. The fourth-order valence-corrected chi connectivity index (χ4v) is 12.4. The monoisotopic (exact) mass is 1300 g/mol. The van der Waals surface area contributed by atoms with Crippen molar-refractivity contribution in [1.29, 1.82) is 0 Å². The second-order valence-electron chi connectivity index (χ2n) is 26.8. The van der Waals surface area contributed by atoms with Crippen LogP contribution in [0.2, 0.25) is 0 Å². The first-order valence-electron chi connectivity index (χ1n) is 38.2. The maximum atomic E-state index is 13.4. The highest BCUT2D eigenvalue weighted by Gasteiger charge is 2.51. The van der Waals surface area contributed by atoms with Gasteiger partial charge in [-0.1, -0.05) is 324 Å². The van der Waals surface area contributed by atoms with Gasteiger partial charge < -0.3 is 65.1 Å². The van der Waals surface area contributed by atoms with Crippen molar-refractivity contribution in [2.24, 2.45) is 0 Å². The standard InChI is InChI=1S/C78H141NO13/c1-3-5-7-9-11-13-15-17-19-21-22-23-24-25-26-27-28-29-30-31-32-33-34-35-36-37-38-39-40-41-42-43-44-46-48-50-52-54-56-58-60-62-70(83)79-66(67(82)61-59-57-55-53-51-49-47-45-20-18-16-14-12-10-8-6-4-2)65-89-77-75(88)73(86)76(69(64-81)91-77)92-78-74(87)72(85)71(84)68(63-80)90-78/h5,7,11,13,17,19,22-23,25-26,28-29,66-69,71-78,80-82,84-88H,3-4,6,8-10,12,14-16,18,20-21,24,27,30-65H2,1-2H3,(H,79,83)/b7-5-,13-11-,19-17-,23-22-,26-25-,29-28-. The number of rotatable bonds is 63. The van der Waals surface area contributed by atoms with Crippen LogP contribution in [0.5, 0.6) is 0 Å². The number of aliphatic hydroxyl groups is 8. The molecule has 14 nitrogen and oxygen atoms in total. The summed E-state index contributed by atoms with van der Waals surface area (Å²) in [6.45, 7) is 2.78. The van der Waals surface area contributed by atoms with Crippen molar-refractivity contribution in [3.63, 3.8) is 0 Å². The predicted octanol–water partition coefficient (Wildman–Crippen LogP) is 16.6. The summed E-state index contributed by atoms with van der Waals surface area (Å²) in [7, 11) is 0. The van der Waals surface area contributed by atoms with E-state index in [-0.39, 0.29) is 12.5 Å². The van der Waals surface area contributed by atoms with Gasteiger partial charge in [-0.15, -0.1) is 0 Å². The topological polar surface area (TPSA) is 228 Å². The molecule has 9 N–H and O–H groups in total. The number of hydrogen-bond acceptors (Lipinski definition) is 13. The van der Waals surface area contributed by atoms with E-state index in [9.17, 15) is 45.6 Å². The number of carbonyl (C=O) groups is 1. The van der Waals surface area contributed by atoms with Gasteiger partial charge in [-0.3, -0.25) is 4.79 Å². The van der Waals surface area contributed by atoms with Gasteiger partial charge in [-0.25, -0.2) is 0 Å². The van der Waals surface area contributed by atoms with Gasteiger partial charge in [0.05, 0.1) is 32.0 Å². The molecule has 536 valence electrons. The van der Waals surface area contributed by atoms with Crippen LogP contribution in [0.1, 0.15) is 322 Å². The van der Waals surface area contributed by atoms with Crippen LogP contribution < -0.4 is 5.32 Å². The summed E-state index contributed by atoms with van der Waals surface area (Å²) in [6.07, 6.45) is 68.0. The molecule has 1 amide bonds. The van der Waals surface area contributed by atoms with Crippen molar-refractivity contribution in [1.82, 2.24) is 5.32 Å². The van der Waals surface area contributed by atoms with Gasteiger partial charge in [0.1, 0.15) is 48.8 Å². The first-order valence-corrected chi connectivity index (χ1v) is 38.2. The molecule has 0 saturated carbocycles. The van der Waals surface area contributed by atoms with Crippen LogP contribution in [0, 0.1) is 0 Å². The van der Waals surface area contributed by atoms with Gasteiger partial charge in [0.2, 0.25) is 5.91 Å². The first-order chi connectivity index (χ1) is 45.1. The summed E-state index contributed by atoms with van der Waals surface area (Å²) in [5.41, 5.74) is 0. The van der Waals surface area contributed by atoms with E-state index in [0.717, 1.165) is 89.9 Å². The number of amides is 1. The highest BCUT2D eigenvalue weighted by atomic mass is 16.7. The van der Waals surface area contributed by atoms with Gasteiger partial charge in [-0.2, -0.15) is 0 Å². The zero-order chi connectivity index (χ0) is 66.6. The molecule has 0 spiro atoms. The molecule has 12 atom stereocenters. The second kappa shape index (κ2) is 62.0. The molecule has 0 bridgehead atoms. The van der Waals surface area contributed by atoms with Gasteiger partial charge in [0.15, 0.2) is 12.6 Å². The summed E-state index contributed by atoms with van der Waals surface area (Å²) in [6, 6.07) is -0.829. The number of ether oxygens (including phenoxy) is 4. The molecule has 0 aliphatic carbocycles. The average Bonchev–Trinajstić information content (AvgIpc) is 0.856. The minimum atomic E-state index is -1.78. The number of hydrogen-bond donors (Lipinski definition) is 9. The van der Waals surface area contributed by atoms with Crippen molar-refractivity contribution in [2.75, 3.05) is 19.8 Å². The fraction of sp³-hybridized carbons (Fsp3) is 0.833. The van der Waals surface area contributed by atoms with E-state index >= 15 is 0 Å². The van der Waals surface area contributed by atoms with Crippen molar-refractivity contribution in [3.05, 3.63) is 72.9 Å². The van der Waals surface area contributed by atoms with E-state index in [4.69, 9.17) is 18.9 Å². The highest BCUT2D eigenvalue weighted by molar-refractivity contribution is 5.76. The van der Waals surface area contributed by atoms with Crippen molar-refractivity contribution in [3.8, 4) is 0 Å². The Morgan fingerprint density at radius 1 is 0.402 bits per heavy atom. The summed E-state index contributed by atoms with van der Waals surface area (Å²) >= 11 is 0. The van der Waals surface area contributed by atoms with Gasteiger partial charge in [-0.05, 0) is 64.2 Å². The molecule has 2 fully saturated rings. The molecule has 0 aromatic heterocycles. The van der Waals surface area contributed by atoms with Gasteiger partial charge >= 0.3 is 0 Å². The van der Waals surface area contributed by atoms with Crippen molar-refractivity contribution >= 4 is 5.91 Å². The van der Waals surface area contributed by atoms with Gasteiger partial charge in [0, 0.05) is 6.42 Å². The minimum Gasteiger partial charge on any atom is -0.394 e. The van der Waals surface area contributed by atoms with Crippen LogP contribution in [0.15, 0.2) is 72.9 Å². The molecule has 2 aliphatic rings. The average molecular weight is 1300 g/mol. The van der Waals surface area contributed by atoms with Crippen LogP contribution >= 0.6 is 0 Å². The van der Waals surface area contributed by atoms with E-state index in [1.165, 1.54) is 205 Å². The highest BCUT2D eigenvalue weighted by Crippen LogP contribution is 2.30. The molecule has 14 heteroatoms. The zero-order valence-electron chi connectivity index (χ0n) is 58.5. The molecule has 2 saturated heterocycles. The Balaban J connectivity index is 1.55. The second-order valence-corrected chi connectivity index (χ2v) is 26.8. The molecule has 2 aliphatic heterocycles. The Labute approximate surface area is 561 Å². The van der Waals surface area contributed by atoms with E-state index < -0.39 is 86.8 Å². The maximum Gasteiger partial charge on any atom is 0.220 e. The first kappa shape index (κ1) is 85.5. The Hall–Kier alpha value is -2.57. The molecular weight excluding hydrogens is 1160 g/mol. The van der Waals surface area contributed by atoms with Crippen LogP contribution in [-0.4, -0.2) is 140 Å². The minimum absolute atomic E-state index is 0.202. The predicted molar refractivity (Wildman–Crippen MR) is 378 cm³/mol. The Bertz CT molecular complexity index is 1820. The van der Waals surface area contributed by atoms with Crippen molar-refractivity contribution in [2.45, 2.75) is 396 Å². The smallest absolute Gasteiger partial charge is 0.220 e. The van der Waals surface area contributed by atoms with Crippen LogP contribution in [0.25, 0.3) is 0 Å². The summed E-state index contributed by atoms with van der Waals surface area (Å²) in [5.74, 6) is -0.202.